The molecule has 1 nitrogen and oxygen atoms in total. The molecule has 1 aliphatic rings. The second-order valence-electron chi connectivity index (χ2n) is 5.12. The van der Waals surface area contributed by atoms with Crippen LogP contribution >= 0.6 is 0 Å². The summed E-state index contributed by atoms with van der Waals surface area (Å²) in [4.78, 5) is 2.57. The van der Waals surface area contributed by atoms with Crippen LogP contribution in [0.3, 0.4) is 0 Å². The van der Waals surface area contributed by atoms with E-state index in [9.17, 15) is 0 Å². The van der Waals surface area contributed by atoms with Gasteiger partial charge < -0.3 is 0 Å². The van der Waals surface area contributed by atoms with E-state index in [-0.39, 0.29) is 0 Å². The van der Waals surface area contributed by atoms with Gasteiger partial charge in [-0.05, 0) is 43.4 Å². The van der Waals surface area contributed by atoms with Gasteiger partial charge in [0, 0.05) is 19.1 Å². The molecule has 0 unspecified atom stereocenters. The number of benzene rings is 1. The second kappa shape index (κ2) is 5.01. The van der Waals surface area contributed by atoms with Crippen LogP contribution in [0.2, 0.25) is 0 Å². The molecule has 0 radical (unpaired) electrons. The van der Waals surface area contributed by atoms with E-state index >= 15 is 0 Å². The number of hydrogen-bond donors (Lipinski definition) is 0. The number of aryl methyl sites for hydroxylation is 1. The van der Waals surface area contributed by atoms with Gasteiger partial charge in [-0.1, -0.05) is 31.5 Å². The van der Waals surface area contributed by atoms with Crippen LogP contribution in [0.25, 0.3) is 0 Å². The summed E-state index contributed by atoms with van der Waals surface area (Å²) in [5, 5.41) is 0. The maximum absolute atomic E-state index is 2.57. The van der Waals surface area contributed by atoms with E-state index in [1.807, 2.05) is 0 Å². The molecule has 2 rings (SSSR count). The van der Waals surface area contributed by atoms with Crippen molar-refractivity contribution in [3.63, 3.8) is 0 Å². The smallest absolute Gasteiger partial charge is 0.0239 e. The Morgan fingerprint density at radius 1 is 1.31 bits per heavy atom. The zero-order valence-electron chi connectivity index (χ0n) is 10.8. The Morgan fingerprint density at radius 2 is 2.12 bits per heavy atom. The van der Waals surface area contributed by atoms with Gasteiger partial charge in [0.25, 0.3) is 0 Å². The summed E-state index contributed by atoms with van der Waals surface area (Å²) < 4.78 is 0. The fraction of sp³-hybridized carbons (Fsp3) is 0.600. The molecule has 0 fully saturated rings. The van der Waals surface area contributed by atoms with Gasteiger partial charge >= 0.3 is 0 Å². The average molecular weight is 217 g/mol. The van der Waals surface area contributed by atoms with Crippen molar-refractivity contribution in [1.29, 1.82) is 0 Å². The third kappa shape index (κ3) is 2.30. The van der Waals surface area contributed by atoms with Crippen LogP contribution < -0.4 is 0 Å². The van der Waals surface area contributed by atoms with Crippen LogP contribution in [0.15, 0.2) is 18.2 Å². The first-order valence-electron chi connectivity index (χ1n) is 6.56. The zero-order valence-corrected chi connectivity index (χ0v) is 10.8. The number of rotatable bonds is 3. The number of fused-ring (bicyclic) bond motifs is 1. The topological polar surface area (TPSA) is 3.24 Å². The van der Waals surface area contributed by atoms with Crippen LogP contribution in [0.4, 0.5) is 0 Å². The maximum atomic E-state index is 2.57. The largest absolute Gasteiger partial charge is 0.296 e. The monoisotopic (exact) mass is 217 g/mol. The molecule has 0 saturated heterocycles. The molecule has 1 heterocycles. The molecule has 0 aliphatic carbocycles. The standard InChI is InChI=1S/C15H23N/c1-4-6-13-7-5-8-14-11-16(12(2)3)10-9-15(13)14/h5,7-8,12H,4,6,9-11H2,1-3H3. The normalized spacial score (nSPS) is 16.5. The average Bonchev–Trinajstić information content (AvgIpc) is 2.29. The van der Waals surface area contributed by atoms with Gasteiger partial charge in [-0.15, -0.1) is 0 Å². The minimum Gasteiger partial charge on any atom is -0.296 e. The Bertz CT molecular complexity index is 354. The van der Waals surface area contributed by atoms with Crippen molar-refractivity contribution < 1.29 is 0 Å². The SMILES string of the molecule is CCCc1cccc2c1CCN(C(C)C)C2. The fourth-order valence-electron chi connectivity index (χ4n) is 2.65. The molecule has 1 aliphatic heterocycles. The van der Waals surface area contributed by atoms with E-state index in [1.54, 1.807) is 16.7 Å². The molecule has 0 atom stereocenters. The maximum Gasteiger partial charge on any atom is 0.0239 e. The summed E-state index contributed by atoms with van der Waals surface area (Å²) in [7, 11) is 0. The molecule has 1 heteroatoms. The van der Waals surface area contributed by atoms with Crippen LogP contribution in [0.1, 0.15) is 43.9 Å². The minimum absolute atomic E-state index is 0.669. The van der Waals surface area contributed by atoms with Crippen molar-refractivity contribution in [2.45, 2.75) is 52.6 Å². The van der Waals surface area contributed by atoms with E-state index < -0.39 is 0 Å². The Morgan fingerprint density at radius 3 is 2.81 bits per heavy atom. The van der Waals surface area contributed by atoms with Crippen LogP contribution in [0.5, 0.6) is 0 Å². The van der Waals surface area contributed by atoms with E-state index in [4.69, 9.17) is 0 Å². The van der Waals surface area contributed by atoms with Crippen molar-refractivity contribution in [2.24, 2.45) is 0 Å². The molecule has 0 spiro atoms. The van der Waals surface area contributed by atoms with E-state index in [0.717, 1.165) is 6.54 Å². The molecule has 1 aromatic carbocycles. The number of hydrogen-bond acceptors (Lipinski definition) is 1. The highest BCUT2D eigenvalue weighted by Gasteiger charge is 2.19. The number of nitrogens with zero attached hydrogens (tertiary/aromatic N) is 1. The lowest BCUT2D eigenvalue weighted by Gasteiger charge is -2.33. The first kappa shape index (κ1) is 11.7. The van der Waals surface area contributed by atoms with Crippen molar-refractivity contribution in [3.8, 4) is 0 Å². The lowest BCUT2D eigenvalue weighted by molar-refractivity contribution is 0.203. The van der Waals surface area contributed by atoms with E-state index in [1.165, 1.54) is 25.8 Å². The van der Waals surface area contributed by atoms with E-state index in [0.29, 0.717) is 6.04 Å². The molecule has 0 saturated carbocycles. The molecule has 0 amide bonds. The van der Waals surface area contributed by atoms with Crippen molar-refractivity contribution in [2.75, 3.05) is 6.54 Å². The quantitative estimate of drug-likeness (QED) is 0.750. The zero-order chi connectivity index (χ0) is 11.5. The fourth-order valence-corrected chi connectivity index (χ4v) is 2.65. The second-order valence-corrected chi connectivity index (χ2v) is 5.12. The van der Waals surface area contributed by atoms with E-state index in [2.05, 4.69) is 43.9 Å². The van der Waals surface area contributed by atoms with Crippen LogP contribution in [0, 0.1) is 0 Å². The Kier molecular flexibility index (Phi) is 3.65. The van der Waals surface area contributed by atoms with Gasteiger partial charge in [-0.2, -0.15) is 0 Å². The summed E-state index contributed by atoms with van der Waals surface area (Å²) >= 11 is 0. The molecular weight excluding hydrogens is 194 g/mol. The van der Waals surface area contributed by atoms with Crippen molar-refractivity contribution in [1.82, 2.24) is 4.90 Å². The summed E-state index contributed by atoms with van der Waals surface area (Å²) in [5.41, 5.74) is 4.79. The van der Waals surface area contributed by atoms with Crippen LogP contribution in [-0.4, -0.2) is 17.5 Å². The lowest BCUT2D eigenvalue weighted by Crippen LogP contribution is -2.36. The van der Waals surface area contributed by atoms with Crippen molar-refractivity contribution >= 4 is 0 Å². The molecule has 0 aromatic heterocycles. The van der Waals surface area contributed by atoms with Gasteiger partial charge in [0.15, 0.2) is 0 Å². The first-order chi connectivity index (χ1) is 7.72. The Balaban J connectivity index is 2.23. The predicted octanol–water partition coefficient (Wildman–Crippen LogP) is 3.41. The lowest BCUT2D eigenvalue weighted by atomic mass is 9.92. The highest BCUT2D eigenvalue weighted by Crippen LogP contribution is 2.24. The molecule has 88 valence electrons. The predicted molar refractivity (Wildman–Crippen MR) is 69.7 cm³/mol. The first-order valence-corrected chi connectivity index (χ1v) is 6.56. The third-order valence-electron chi connectivity index (χ3n) is 3.64. The van der Waals surface area contributed by atoms with Gasteiger partial charge in [0.05, 0.1) is 0 Å². The van der Waals surface area contributed by atoms with Crippen LogP contribution in [-0.2, 0) is 19.4 Å². The van der Waals surface area contributed by atoms with Gasteiger partial charge in [0.2, 0.25) is 0 Å². The Labute approximate surface area is 99.5 Å². The highest BCUT2D eigenvalue weighted by atomic mass is 15.1. The molecule has 0 bridgehead atoms. The molecule has 0 N–H and O–H groups in total. The van der Waals surface area contributed by atoms with Gasteiger partial charge in [-0.25, -0.2) is 0 Å². The third-order valence-corrected chi connectivity index (χ3v) is 3.64. The summed E-state index contributed by atoms with van der Waals surface area (Å²) in [6.45, 7) is 9.22. The van der Waals surface area contributed by atoms with Crippen molar-refractivity contribution in [3.05, 3.63) is 34.9 Å². The van der Waals surface area contributed by atoms with Gasteiger partial charge in [-0.3, -0.25) is 4.90 Å². The molecule has 1 aromatic rings. The Hall–Kier alpha value is -0.820. The minimum atomic E-state index is 0.669. The summed E-state index contributed by atoms with van der Waals surface area (Å²) in [6, 6.07) is 7.52. The summed E-state index contributed by atoms with van der Waals surface area (Å²) in [5.74, 6) is 0. The van der Waals surface area contributed by atoms with Gasteiger partial charge in [0.1, 0.15) is 0 Å². The molecule has 16 heavy (non-hydrogen) atoms. The molecular formula is C15H23N. The summed E-state index contributed by atoms with van der Waals surface area (Å²) in [6.07, 6.45) is 3.74. The highest BCUT2D eigenvalue weighted by molar-refractivity contribution is 5.37.